The number of hydrogen-bond acceptors (Lipinski definition) is 8. The van der Waals surface area contributed by atoms with E-state index in [1.165, 1.54) is 6.33 Å². The fourth-order valence-corrected chi connectivity index (χ4v) is 3.79. The molecule has 1 aliphatic rings. The molecule has 1 saturated heterocycles. The van der Waals surface area contributed by atoms with Crippen molar-refractivity contribution in [1.82, 2.24) is 19.5 Å². The molecule has 0 saturated carbocycles. The number of nitrogens with one attached hydrogen (secondary N) is 2. The molecule has 138 valence electrons. The van der Waals surface area contributed by atoms with E-state index in [2.05, 4.69) is 29.2 Å². The summed E-state index contributed by atoms with van der Waals surface area (Å²) in [5, 5.41) is 12.4. The predicted octanol–water partition coefficient (Wildman–Crippen LogP) is 0.225. The van der Waals surface area contributed by atoms with Gasteiger partial charge in [-0.25, -0.2) is 4.98 Å². The lowest BCUT2D eigenvalue weighted by Gasteiger charge is -2.23. The van der Waals surface area contributed by atoms with Gasteiger partial charge in [-0.15, -0.1) is 0 Å². The van der Waals surface area contributed by atoms with Gasteiger partial charge in [0, 0.05) is 22.2 Å². The number of anilines is 1. The summed E-state index contributed by atoms with van der Waals surface area (Å²) in [5.41, 5.74) is 0.222. The van der Waals surface area contributed by atoms with E-state index in [0.29, 0.717) is 18.2 Å². The van der Waals surface area contributed by atoms with Crippen LogP contribution in [-0.2, 0) is 14.0 Å². The molecule has 3 N–H and O–H groups in total. The number of H-pyrrole nitrogens is 1. The van der Waals surface area contributed by atoms with Gasteiger partial charge in [0.05, 0.1) is 12.9 Å². The third-order valence-corrected chi connectivity index (χ3v) is 4.79. The summed E-state index contributed by atoms with van der Waals surface area (Å²) in [7, 11) is 4.30. The minimum atomic E-state index is -0.620. The predicted molar refractivity (Wildman–Crippen MR) is 97.0 cm³/mol. The number of aliphatic hydroxyl groups excluding tert-OH is 1. The average Bonchev–Trinajstić information content (AvgIpc) is 3.17. The fraction of sp³-hybridized carbons (Fsp3) is 0.615. The van der Waals surface area contributed by atoms with Gasteiger partial charge in [-0.1, -0.05) is 8.93 Å². The third-order valence-electron chi connectivity index (χ3n) is 3.97. The summed E-state index contributed by atoms with van der Waals surface area (Å²) in [5.74, 6) is 0.322. The van der Waals surface area contributed by atoms with Crippen molar-refractivity contribution in [1.29, 1.82) is 0 Å². The molecule has 1 aliphatic heterocycles. The number of aromatic amines is 1. The molecule has 0 amide bonds. The lowest BCUT2D eigenvalue weighted by Crippen LogP contribution is -2.36. The van der Waals surface area contributed by atoms with Crippen LogP contribution in [0.4, 0.5) is 5.95 Å². The van der Waals surface area contributed by atoms with Crippen LogP contribution in [0.3, 0.4) is 0 Å². The lowest BCUT2D eigenvalue weighted by molar-refractivity contribution is -0.0584. The van der Waals surface area contributed by atoms with Crippen LogP contribution in [0.5, 0.6) is 0 Å². The Kier molecular flexibility index (Phi) is 5.99. The van der Waals surface area contributed by atoms with Gasteiger partial charge in [-0.05, 0) is 6.92 Å². The summed E-state index contributed by atoms with van der Waals surface area (Å²) in [6.45, 7) is 2.13. The number of fused-ring (bicyclic) bond motifs is 1. The molecular formula is C13H21N5O5P2. The van der Waals surface area contributed by atoms with Crippen molar-refractivity contribution in [3.8, 4) is 0 Å². The quantitative estimate of drug-likeness (QED) is 0.575. The van der Waals surface area contributed by atoms with Gasteiger partial charge in [0.2, 0.25) is 5.95 Å². The highest BCUT2D eigenvalue weighted by molar-refractivity contribution is 8.00. The van der Waals surface area contributed by atoms with Crippen molar-refractivity contribution in [3.63, 3.8) is 0 Å². The highest BCUT2D eigenvalue weighted by atomic mass is 32.0. The van der Waals surface area contributed by atoms with Crippen LogP contribution in [0.25, 0.3) is 11.2 Å². The lowest BCUT2D eigenvalue weighted by atomic mass is 10.1. The Hall–Kier alpha value is -1.15. The first-order valence-corrected chi connectivity index (χ1v) is 10.5. The summed E-state index contributed by atoms with van der Waals surface area (Å²) >= 11 is 0. The van der Waals surface area contributed by atoms with Crippen molar-refractivity contribution in [2.24, 2.45) is 0 Å². The summed E-state index contributed by atoms with van der Waals surface area (Å²) < 4.78 is 19.1. The van der Waals surface area contributed by atoms with Crippen LogP contribution >= 0.6 is 17.4 Å². The molecule has 0 aliphatic carbocycles. The molecule has 3 heterocycles. The Morgan fingerprint density at radius 3 is 3.00 bits per heavy atom. The van der Waals surface area contributed by atoms with Crippen molar-refractivity contribution < 1.29 is 19.1 Å². The molecule has 0 radical (unpaired) electrons. The third kappa shape index (κ3) is 3.43. The molecule has 0 bridgehead atoms. The van der Waals surface area contributed by atoms with Gasteiger partial charge < -0.3 is 24.4 Å². The minimum absolute atomic E-state index is 0.127. The number of nitrogens with zero attached hydrogens (tertiary/aromatic N) is 3. The van der Waals surface area contributed by atoms with Gasteiger partial charge in [0.1, 0.15) is 18.3 Å². The van der Waals surface area contributed by atoms with Crippen molar-refractivity contribution >= 4 is 34.5 Å². The van der Waals surface area contributed by atoms with E-state index < -0.39 is 24.5 Å². The van der Waals surface area contributed by atoms with E-state index in [0.717, 1.165) is 0 Å². The maximum Gasteiger partial charge on any atom is 0.280 e. The molecule has 12 heteroatoms. The van der Waals surface area contributed by atoms with Gasteiger partial charge in [0.15, 0.2) is 17.4 Å². The zero-order valence-electron chi connectivity index (χ0n) is 13.8. The Morgan fingerprint density at radius 2 is 2.36 bits per heavy atom. The second-order valence-corrected chi connectivity index (χ2v) is 6.54. The summed E-state index contributed by atoms with van der Waals surface area (Å²) in [4.78, 5) is 23.2. The summed E-state index contributed by atoms with van der Waals surface area (Å²) in [6, 6.07) is 0. The Balaban J connectivity index is 2.06. The topological polar surface area (TPSA) is 124 Å². The molecule has 1 fully saturated rings. The molecule has 3 unspecified atom stereocenters. The van der Waals surface area contributed by atoms with E-state index in [1.54, 1.807) is 11.6 Å². The number of aliphatic hydroxyl groups is 1. The van der Waals surface area contributed by atoms with Crippen molar-refractivity contribution in [2.45, 2.75) is 31.5 Å². The van der Waals surface area contributed by atoms with E-state index in [9.17, 15) is 9.90 Å². The first kappa shape index (κ1) is 18.6. The highest BCUT2D eigenvalue weighted by Gasteiger charge is 2.47. The molecular weight excluding hydrogens is 368 g/mol. The zero-order valence-corrected chi connectivity index (χ0v) is 16.0. The van der Waals surface area contributed by atoms with Gasteiger partial charge in [0.25, 0.3) is 5.56 Å². The first-order chi connectivity index (χ1) is 12.1. The molecule has 0 aromatic carbocycles. The Bertz CT molecular complexity index is 784. The number of imidazole rings is 1. The summed E-state index contributed by atoms with van der Waals surface area (Å²) in [6.07, 6.45) is -0.576. The second-order valence-electron chi connectivity index (χ2n) is 5.36. The van der Waals surface area contributed by atoms with Gasteiger partial charge in [-0.3, -0.25) is 14.3 Å². The molecule has 2 aromatic heterocycles. The Morgan fingerprint density at radius 1 is 1.56 bits per heavy atom. The number of rotatable bonds is 7. The zero-order chi connectivity index (χ0) is 18.0. The number of ether oxygens (including phenoxy) is 2. The molecule has 10 nitrogen and oxygen atoms in total. The molecule has 3 rings (SSSR count). The van der Waals surface area contributed by atoms with Crippen LogP contribution in [0.15, 0.2) is 11.1 Å². The molecule has 0 spiro atoms. The molecule has 6 atom stereocenters. The van der Waals surface area contributed by atoms with E-state index >= 15 is 0 Å². The largest absolute Gasteiger partial charge is 0.394 e. The molecule has 25 heavy (non-hydrogen) atoms. The van der Waals surface area contributed by atoms with Gasteiger partial charge in [-0.2, -0.15) is 4.98 Å². The maximum atomic E-state index is 12.1. The van der Waals surface area contributed by atoms with Crippen LogP contribution < -0.4 is 10.9 Å². The van der Waals surface area contributed by atoms with E-state index in [-0.39, 0.29) is 26.2 Å². The second kappa shape index (κ2) is 8.03. The highest BCUT2D eigenvalue weighted by Crippen LogP contribution is 2.39. The van der Waals surface area contributed by atoms with Crippen LogP contribution in [0.2, 0.25) is 0 Å². The first-order valence-electron chi connectivity index (χ1n) is 7.78. The molecule has 2 aromatic rings. The van der Waals surface area contributed by atoms with Gasteiger partial charge >= 0.3 is 0 Å². The van der Waals surface area contributed by atoms with E-state index in [4.69, 9.17) is 14.0 Å². The van der Waals surface area contributed by atoms with Crippen LogP contribution in [-0.4, -0.2) is 63.2 Å². The smallest absolute Gasteiger partial charge is 0.280 e. The fourth-order valence-electron chi connectivity index (χ4n) is 2.91. The van der Waals surface area contributed by atoms with Crippen LogP contribution in [0, 0.1) is 0 Å². The number of aromatic nitrogens is 4. The van der Waals surface area contributed by atoms with Crippen molar-refractivity contribution in [2.75, 3.05) is 25.6 Å². The van der Waals surface area contributed by atoms with Crippen molar-refractivity contribution in [3.05, 3.63) is 16.7 Å². The SMILES string of the molecule is CCO[C@@H]1C(OPP)[C@H](n2cnc3c(=O)[nH]c(NC)nc32)O[C@@H]1CO. The standard InChI is InChI=1S/C13H21N5O5P2/c1-3-21-8-6(4-19)22-12(9(8)23-25-24)18-5-15-7-10(18)16-13(14-2)17-11(7)20/h5-6,8-9,12,19,25H,3-4,24H2,1-2H3,(H2,14,16,17,20)/t6-,8+,9?,12-/m1/s1. The van der Waals surface area contributed by atoms with E-state index in [1.807, 2.05) is 6.92 Å². The van der Waals surface area contributed by atoms with Crippen LogP contribution in [0.1, 0.15) is 13.2 Å². The maximum absolute atomic E-state index is 12.1. The minimum Gasteiger partial charge on any atom is -0.394 e. The monoisotopic (exact) mass is 389 g/mol. The average molecular weight is 389 g/mol. The Labute approximate surface area is 147 Å². The normalized spacial score (nSPS) is 26.9. The number of hydrogen-bond donors (Lipinski definition) is 3.